The molecule has 0 spiro atoms. The summed E-state index contributed by atoms with van der Waals surface area (Å²) in [5.74, 6) is 6.99. The van der Waals surface area contributed by atoms with Crippen molar-refractivity contribution in [2.75, 3.05) is 0 Å². The Morgan fingerprint density at radius 1 is 0.920 bits per heavy atom. The van der Waals surface area contributed by atoms with Crippen molar-refractivity contribution < 1.29 is 9.52 Å². The van der Waals surface area contributed by atoms with E-state index in [-0.39, 0.29) is 5.75 Å². The van der Waals surface area contributed by atoms with Crippen LogP contribution in [-0.2, 0) is 13.1 Å². The largest absolute Gasteiger partial charge is 0.504 e. The highest BCUT2D eigenvalue weighted by Crippen LogP contribution is 2.13. The smallest absolute Gasteiger partial charge is 0.169 e. The topological polar surface area (TPSA) is 45.4 Å². The molecule has 0 saturated carbocycles. The molecule has 0 fully saturated rings. The molecule has 0 bridgehead atoms. The van der Waals surface area contributed by atoms with Gasteiger partial charge in [-0.05, 0) is 35.9 Å². The lowest BCUT2D eigenvalue weighted by molar-refractivity contribution is 0.408. The lowest BCUT2D eigenvalue weighted by Gasteiger charge is -2.05. The van der Waals surface area contributed by atoms with Gasteiger partial charge in [0.05, 0.1) is 11.1 Å². The van der Waals surface area contributed by atoms with Crippen LogP contribution >= 0.6 is 12.2 Å². The summed E-state index contributed by atoms with van der Waals surface area (Å²) >= 11 is 5.01. The first kappa shape index (κ1) is 17.0. The van der Waals surface area contributed by atoms with Gasteiger partial charge in [0, 0.05) is 17.7 Å². The highest BCUT2D eigenvalue weighted by molar-refractivity contribution is 7.71. The van der Waals surface area contributed by atoms with Crippen molar-refractivity contribution in [3.63, 3.8) is 0 Å². The van der Waals surface area contributed by atoms with Crippen molar-refractivity contribution in [3.8, 4) is 17.6 Å². The molecule has 2 N–H and O–H groups in total. The van der Waals surface area contributed by atoms with Gasteiger partial charge in [0.2, 0.25) is 0 Å². The summed E-state index contributed by atoms with van der Waals surface area (Å²) in [6.07, 6.45) is 1.26. The van der Waals surface area contributed by atoms with E-state index >= 15 is 0 Å². The Labute approximate surface area is 152 Å². The third-order valence-corrected chi connectivity index (χ3v) is 3.90. The first-order valence-electron chi connectivity index (χ1n) is 7.88. The first-order chi connectivity index (χ1) is 12.2. The van der Waals surface area contributed by atoms with Crippen LogP contribution in [0.3, 0.4) is 0 Å². The molecule has 25 heavy (non-hydrogen) atoms. The van der Waals surface area contributed by atoms with Crippen molar-refractivity contribution in [3.05, 3.63) is 93.9 Å². The molecule has 124 valence electrons. The second-order valence-electron chi connectivity index (χ2n) is 5.51. The zero-order valence-electron chi connectivity index (χ0n) is 13.5. The van der Waals surface area contributed by atoms with Crippen LogP contribution in [-0.4, -0.2) is 5.11 Å². The van der Waals surface area contributed by atoms with Gasteiger partial charge in [0.1, 0.15) is 12.0 Å². The zero-order valence-corrected chi connectivity index (χ0v) is 14.3. The van der Waals surface area contributed by atoms with Crippen LogP contribution < -0.4 is 5.32 Å². The molecule has 3 nitrogen and oxygen atoms in total. The van der Waals surface area contributed by atoms with E-state index in [1.54, 1.807) is 6.07 Å². The van der Waals surface area contributed by atoms with Crippen LogP contribution in [0.5, 0.6) is 5.75 Å². The quantitative estimate of drug-likeness (QED) is 0.542. The highest BCUT2D eigenvalue weighted by Gasteiger charge is 1.99. The summed E-state index contributed by atoms with van der Waals surface area (Å²) in [5.41, 5.74) is 3.14. The molecule has 0 aliphatic carbocycles. The van der Waals surface area contributed by atoms with E-state index in [9.17, 15) is 5.11 Å². The Morgan fingerprint density at radius 3 is 2.28 bits per heavy atom. The second-order valence-corrected chi connectivity index (χ2v) is 5.95. The molecule has 0 amide bonds. The molecule has 0 atom stereocenters. The lowest BCUT2D eigenvalue weighted by atomic mass is 10.1. The number of hydrogen-bond donors (Lipinski definition) is 2. The molecule has 0 aliphatic rings. The predicted molar refractivity (Wildman–Crippen MR) is 101 cm³/mol. The Hall–Kier alpha value is -2.87. The van der Waals surface area contributed by atoms with E-state index in [0.717, 1.165) is 16.7 Å². The molecule has 0 unspecified atom stereocenters. The number of aromatic hydroxyl groups is 1. The molecule has 3 rings (SSSR count). The number of nitrogens with one attached hydrogen (secondary N) is 1. The van der Waals surface area contributed by atoms with Gasteiger partial charge >= 0.3 is 0 Å². The van der Waals surface area contributed by atoms with Gasteiger partial charge in [-0.1, -0.05) is 54.4 Å². The van der Waals surface area contributed by atoms with E-state index in [0.29, 0.717) is 23.4 Å². The Morgan fingerprint density at radius 2 is 1.60 bits per heavy atom. The molecule has 0 aliphatic heterocycles. The van der Waals surface area contributed by atoms with Gasteiger partial charge < -0.3 is 14.8 Å². The number of rotatable bonds is 4. The summed E-state index contributed by atoms with van der Waals surface area (Å²) < 4.78 is 5.67. The third kappa shape index (κ3) is 5.05. The number of hydrogen-bond acceptors (Lipinski definition) is 4. The molecule has 0 saturated heterocycles. The SMILES string of the molecule is Oc1coc(CNCc2ccc(C#Cc3ccccc3)cc2)cc1=S. The van der Waals surface area contributed by atoms with E-state index < -0.39 is 0 Å². The van der Waals surface area contributed by atoms with E-state index in [2.05, 4.69) is 29.3 Å². The maximum Gasteiger partial charge on any atom is 0.169 e. The maximum atomic E-state index is 9.36. The van der Waals surface area contributed by atoms with Crippen molar-refractivity contribution in [1.82, 2.24) is 5.32 Å². The summed E-state index contributed by atoms with van der Waals surface area (Å²) in [6, 6.07) is 19.7. The Kier molecular flexibility index (Phi) is 5.63. The molecule has 2 aromatic carbocycles. The number of benzene rings is 2. The second kappa shape index (κ2) is 8.29. The fourth-order valence-corrected chi connectivity index (χ4v) is 2.42. The van der Waals surface area contributed by atoms with Gasteiger partial charge in [-0.25, -0.2) is 0 Å². The predicted octanol–water partition coefficient (Wildman–Crippen LogP) is 4.40. The Balaban J connectivity index is 1.55. The van der Waals surface area contributed by atoms with E-state index in [1.807, 2.05) is 42.5 Å². The third-order valence-electron chi connectivity index (χ3n) is 3.57. The van der Waals surface area contributed by atoms with Gasteiger partial charge in [0.15, 0.2) is 5.75 Å². The van der Waals surface area contributed by atoms with E-state index in [1.165, 1.54) is 6.26 Å². The summed E-state index contributed by atoms with van der Waals surface area (Å²) in [7, 11) is 0. The minimum absolute atomic E-state index is 0.00838. The van der Waals surface area contributed by atoms with Crippen molar-refractivity contribution in [2.24, 2.45) is 0 Å². The highest BCUT2D eigenvalue weighted by atomic mass is 32.1. The van der Waals surface area contributed by atoms with Crippen molar-refractivity contribution in [1.29, 1.82) is 0 Å². The molecular formula is C21H17NO2S. The molecule has 1 aromatic heterocycles. The average molecular weight is 347 g/mol. The summed E-state index contributed by atoms with van der Waals surface area (Å²) in [4.78, 5) is 0. The molecule has 0 radical (unpaired) electrons. The van der Waals surface area contributed by atoms with Gasteiger partial charge in [-0.15, -0.1) is 0 Å². The minimum atomic E-state index is -0.00838. The molecule has 4 heteroatoms. The van der Waals surface area contributed by atoms with Crippen molar-refractivity contribution in [2.45, 2.75) is 13.1 Å². The van der Waals surface area contributed by atoms with Crippen LogP contribution in [0.25, 0.3) is 0 Å². The van der Waals surface area contributed by atoms with Gasteiger partial charge in [0.25, 0.3) is 0 Å². The fraction of sp³-hybridized carbons (Fsp3) is 0.0952. The average Bonchev–Trinajstić information content (AvgIpc) is 2.65. The standard InChI is InChI=1S/C21H17NO2S/c23-20-15-24-19(12-21(20)25)14-22-13-18-10-8-17(9-11-18)7-6-16-4-2-1-3-5-16/h1-5,8-12,15,22-23H,13-14H2. The molecule has 1 heterocycles. The molecule has 3 aromatic rings. The zero-order chi connectivity index (χ0) is 17.5. The Bertz CT molecular complexity index is 951. The lowest BCUT2D eigenvalue weighted by Crippen LogP contribution is -2.12. The van der Waals surface area contributed by atoms with Crippen LogP contribution in [0.1, 0.15) is 22.5 Å². The van der Waals surface area contributed by atoms with Crippen LogP contribution in [0, 0.1) is 16.4 Å². The normalized spacial score (nSPS) is 10.1. The summed E-state index contributed by atoms with van der Waals surface area (Å²) in [6.45, 7) is 1.25. The fourth-order valence-electron chi connectivity index (χ4n) is 2.24. The maximum absolute atomic E-state index is 9.36. The van der Waals surface area contributed by atoms with Crippen LogP contribution in [0.4, 0.5) is 0 Å². The first-order valence-corrected chi connectivity index (χ1v) is 8.29. The minimum Gasteiger partial charge on any atom is -0.504 e. The summed E-state index contributed by atoms with van der Waals surface area (Å²) in [5, 5.41) is 12.6. The van der Waals surface area contributed by atoms with Crippen LogP contribution in [0.2, 0.25) is 0 Å². The van der Waals surface area contributed by atoms with E-state index in [4.69, 9.17) is 16.6 Å². The van der Waals surface area contributed by atoms with Crippen LogP contribution in [0.15, 0.2) is 71.3 Å². The van der Waals surface area contributed by atoms with Gasteiger partial charge in [-0.2, -0.15) is 0 Å². The molecular weight excluding hydrogens is 330 g/mol. The monoisotopic (exact) mass is 347 g/mol. The van der Waals surface area contributed by atoms with Crippen molar-refractivity contribution >= 4 is 12.2 Å². The van der Waals surface area contributed by atoms with Gasteiger partial charge in [-0.3, -0.25) is 0 Å².